The zero-order valence-corrected chi connectivity index (χ0v) is 14.1. The molecular formula is C17H18FNO4S. The molecular weight excluding hydrogens is 333 g/mol. The molecule has 1 amide bonds. The van der Waals surface area contributed by atoms with Crippen LogP contribution in [-0.2, 0) is 14.6 Å². The first-order valence-electron chi connectivity index (χ1n) is 7.34. The number of carbonyl (C=O) groups excluding carboxylic acids is 1. The third-order valence-corrected chi connectivity index (χ3v) is 5.30. The summed E-state index contributed by atoms with van der Waals surface area (Å²) >= 11 is 0. The molecule has 0 heterocycles. The van der Waals surface area contributed by atoms with E-state index in [1.807, 2.05) is 6.92 Å². The van der Waals surface area contributed by atoms with Crippen LogP contribution in [0.25, 0.3) is 0 Å². The highest BCUT2D eigenvalue weighted by Gasteiger charge is 2.31. The average Bonchev–Trinajstić information content (AvgIpc) is 2.54. The summed E-state index contributed by atoms with van der Waals surface area (Å²) in [5, 5.41) is 0.960. The summed E-state index contributed by atoms with van der Waals surface area (Å²) in [5.74, 6) is -0.499. The van der Waals surface area contributed by atoms with Gasteiger partial charge in [-0.25, -0.2) is 17.6 Å². The van der Waals surface area contributed by atoms with Gasteiger partial charge in [0.15, 0.2) is 5.37 Å². The minimum atomic E-state index is -3.93. The van der Waals surface area contributed by atoms with Crippen molar-refractivity contribution in [3.8, 4) is 0 Å². The van der Waals surface area contributed by atoms with Gasteiger partial charge >= 0.3 is 6.09 Å². The van der Waals surface area contributed by atoms with E-state index < -0.39 is 27.1 Å². The monoisotopic (exact) mass is 351 g/mol. The molecule has 0 aromatic heterocycles. The largest absolute Gasteiger partial charge is 0.450 e. The highest BCUT2D eigenvalue weighted by Crippen LogP contribution is 2.27. The number of nitrogens with one attached hydrogen (secondary N) is 1. The van der Waals surface area contributed by atoms with Gasteiger partial charge in [-0.1, -0.05) is 29.8 Å². The van der Waals surface area contributed by atoms with Gasteiger partial charge in [-0.2, -0.15) is 0 Å². The average molecular weight is 351 g/mol. The molecule has 0 bridgehead atoms. The summed E-state index contributed by atoms with van der Waals surface area (Å²) < 4.78 is 43.7. The van der Waals surface area contributed by atoms with Gasteiger partial charge in [-0.3, -0.25) is 0 Å². The lowest BCUT2D eigenvalue weighted by Gasteiger charge is -2.19. The molecule has 0 fully saturated rings. The van der Waals surface area contributed by atoms with Crippen LogP contribution in [0, 0.1) is 12.7 Å². The highest BCUT2D eigenvalue weighted by atomic mass is 32.2. The third-order valence-electron chi connectivity index (χ3n) is 3.36. The highest BCUT2D eigenvalue weighted by molar-refractivity contribution is 7.91. The van der Waals surface area contributed by atoms with Gasteiger partial charge in [-0.05, 0) is 43.7 Å². The van der Waals surface area contributed by atoms with Gasteiger partial charge in [0.25, 0.3) is 0 Å². The Morgan fingerprint density at radius 1 is 1.12 bits per heavy atom. The third kappa shape index (κ3) is 4.11. The lowest BCUT2D eigenvalue weighted by Crippen LogP contribution is -2.34. The van der Waals surface area contributed by atoms with Crippen LogP contribution in [0.4, 0.5) is 9.18 Å². The summed E-state index contributed by atoms with van der Waals surface area (Å²) in [6.07, 6.45) is -0.859. The summed E-state index contributed by atoms with van der Waals surface area (Å²) in [6, 6.07) is 11.2. The molecule has 1 atom stereocenters. The summed E-state index contributed by atoms with van der Waals surface area (Å²) in [6.45, 7) is 3.55. The van der Waals surface area contributed by atoms with Crippen molar-refractivity contribution in [2.45, 2.75) is 24.1 Å². The predicted molar refractivity (Wildman–Crippen MR) is 87.7 cm³/mol. The lowest BCUT2D eigenvalue weighted by atomic mass is 10.2. The van der Waals surface area contributed by atoms with Crippen LogP contribution < -0.4 is 5.32 Å². The van der Waals surface area contributed by atoms with Gasteiger partial charge in [0, 0.05) is 0 Å². The molecule has 0 aliphatic rings. The molecule has 1 N–H and O–H groups in total. The number of amides is 1. The standard InChI is InChI=1S/C17H18FNO4S/c1-3-23-17(20)19-16(13-6-8-14(18)9-7-13)24(21,22)15-10-4-12(2)5-11-15/h4-11,16H,3H2,1-2H3,(H,19,20). The molecule has 5 nitrogen and oxygen atoms in total. The zero-order chi connectivity index (χ0) is 17.7. The van der Waals surface area contributed by atoms with Crippen LogP contribution in [0.5, 0.6) is 0 Å². The number of halogens is 1. The second-order valence-corrected chi connectivity index (χ2v) is 7.19. The number of rotatable bonds is 5. The maximum atomic E-state index is 13.1. The van der Waals surface area contributed by atoms with Crippen LogP contribution in [0.2, 0.25) is 0 Å². The van der Waals surface area contributed by atoms with E-state index in [9.17, 15) is 17.6 Å². The van der Waals surface area contributed by atoms with Crippen molar-refractivity contribution in [1.29, 1.82) is 0 Å². The molecule has 2 aromatic carbocycles. The Hall–Kier alpha value is -2.41. The topological polar surface area (TPSA) is 72.5 Å². The quantitative estimate of drug-likeness (QED) is 0.897. The molecule has 2 aromatic rings. The number of hydrogen-bond donors (Lipinski definition) is 1. The second-order valence-electron chi connectivity index (χ2n) is 5.15. The number of carbonyl (C=O) groups is 1. The fourth-order valence-electron chi connectivity index (χ4n) is 2.12. The summed E-state index contributed by atoms with van der Waals surface area (Å²) in [7, 11) is -3.93. The minimum absolute atomic E-state index is 0.0548. The molecule has 0 aliphatic heterocycles. The Morgan fingerprint density at radius 3 is 2.25 bits per heavy atom. The number of sulfone groups is 1. The molecule has 1 unspecified atom stereocenters. The number of benzene rings is 2. The maximum absolute atomic E-state index is 13.1. The Labute approximate surface area is 140 Å². The van der Waals surface area contributed by atoms with Crippen LogP contribution in [0.3, 0.4) is 0 Å². The van der Waals surface area contributed by atoms with E-state index in [0.717, 1.165) is 17.7 Å². The van der Waals surface area contributed by atoms with Gasteiger partial charge in [0.2, 0.25) is 9.84 Å². The second kappa shape index (κ2) is 7.44. The Kier molecular flexibility index (Phi) is 5.56. The van der Waals surface area contributed by atoms with Crippen LogP contribution in [0.15, 0.2) is 53.4 Å². The van der Waals surface area contributed by atoms with E-state index in [1.165, 1.54) is 24.3 Å². The molecule has 0 saturated heterocycles. The van der Waals surface area contributed by atoms with Crippen molar-refractivity contribution in [3.05, 3.63) is 65.5 Å². The number of hydrogen-bond acceptors (Lipinski definition) is 4. The molecule has 0 saturated carbocycles. The smallest absolute Gasteiger partial charge is 0.408 e. The van der Waals surface area contributed by atoms with Crippen molar-refractivity contribution in [1.82, 2.24) is 5.32 Å². The van der Waals surface area contributed by atoms with Gasteiger partial charge in [-0.15, -0.1) is 0 Å². The van der Waals surface area contributed by atoms with Crippen molar-refractivity contribution in [3.63, 3.8) is 0 Å². The van der Waals surface area contributed by atoms with Gasteiger partial charge in [0.1, 0.15) is 5.82 Å². The van der Waals surface area contributed by atoms with Crippen LogP contribution in [0.1, 0.15) is 23.4 Å². The van der Waals surface area contributed by atoms with Crippen molar-refractivity contribution in [2.75, 3.05) is 6.61 Å². The molecule has 0 aliphatic carbocycles. The molecule has 2 rings (SSSR count). The van der Waals surface area contributed by atoms with Crippen LogP contribution >= 0.6 is 0 Å². The molecule has 128 valence electrons. The normalized spacial score (nSPS) is 12.5. The predicted octanol–water partition coefficient (Wildman–Crippen LogP) is 3.35. The van der Waals surface area contributed by atoms with E-state index in [-0.39, 0.29) is 17.1 Å². The SMILES string of the molecule is CCOC(=O)NC(c1ccc(F)cc1)S(=O)(=O)c1ccc(C)cc1. The minimum Gasteiger partial charge on any atom is -0.450 e. The first-order valence-corrected chi connectivity index (χ1v) is 8.88. The Balaban J connectivity index is 2.45. The van der Waals surface area contributed by atoms with Crippen molar-refractivity contribution in [2.24, 2.45) is 0 Å². The number of ether oxygens (including phenoxy) is 1. The van der Waals surface area contributed by atoms with Gasteiger partial charge < -0.3 is 10.1 Å². The summed E-state index contributed by atoms with van der Waals surface area (Å²) in [5.41, 5.74) is 1.15. The lowest BCUT2D eigenvalue weighted by molar-refractivity contribution is 0.151. The number of aryl methyl sites for hydroxylation is 1. The zero-order valence-electron chi connectivity index (χ0n) is 13.3. The van der Waals surface area contributed by atoms with E-state index in [1.54, 1.807) is 19.1 Å². The fourth-order valence-corrected chi connectivity index (χ4v) is 3.68. The summed E-state index contributed by atoms with van der Waals surface area (Å²) in [4.78, 5) is 11.8. The molecule has 0 spiro atoms. The van der Waals surface area contributed by atoms with Crippen molar-refractivity contribution >= 4 is 15.9 Å². The first kappa shape index (κ1) is 17.9. The van der Waals surface area contributed by atoms with Crippen molar-refractivity contribution < 1.29 is 22.3 Å². The van der Waals surface area contributed by atoms with E-state index >= 15 is 0 Å². The van der Waals surface area contributed by atoms with E-state index in [2.05, 4.69) is 5.32 Å². The van der Waals surface area contributed by atoms with E-state index in [4.69, 9.17) is 4.74 Å². The Bertz CT molecular complexity index is 801. The Morgan fingerprint density at radius 2 is 1.71 bits per heavy atom. The van der Waals surface area contributed by atoms with Gasteiger partial charge in [0.05, 0.1) is 11.5 Å². The fraction of sp³-hybridized carbons (Fsp3) is 0.235. The molecule has 0 radical (unpaired) electrons. The van der Waals surface area contributed by atoms with Crippen LogP contribution in [-0.4, -0.2) is 21.1 Å². The van der Waals surface area contributed by atoms with E-state index in [0.29, 0.717) is 0 Å². The number of alkyl carbamates (subject to hydrolysis) is 1. The first-order chi connectivity index (χ1) is 11.3. The molecule has 7 heteroatoms. The molecule has 24 heavy (non-hydrogen) atoms. The maximum Gasteiger partial charge on any atom is 0.408 e.